The summed E-state index contributed by atoms with van der Waals surface area (Å²) in [5, 5.41) is 7.09. The van der Waals surface area contributed by atoms with Crippen molar-refractivity contribution in [3.05, 3.63) is 36.2 Å². The zero-order valence-corrected chi connectivity index (χ0v) is 14.8. The molecule has 0 bridgehead atoms. The first-order valence-corrected chi connectivity index (χ1v) is 9.17. The van der Waals surface area contributed by atoms with Gasteiger partial charge in [-0.1, -0.05) is 11.3 Å². The molecule has 0 aliphatic rings. The van der Waals surface area contributed by atoms with Crippen molar-refractivity contribution in [1.82, 2.24) is 19.1 Å². The predicted molar refractivity (Wildman–Crippen MR) is 91.7 cm³/mol. The Bertz CT molecular complexity index is 1020. The van der Waals surface area contributed by atoms with Crippen LogP contribution in [-0.2, 0) is 17.1 Å². The van der Waals surface area contributed by atoms with E-state index in [1.807, 2.05) is 0 Å². The van der Waals surface area contributed by atoms with Gasteiger partial charge in [0.25, 0.3) is 5.91 Å². The van der Waals surface area contributed by atoms with Crippen LogP contribution in [0.25, 0.3) is 10.2 Å². The Hall–Kier alpha value is -2.30. The molecule has 0 unspecified atom stereocenters. The van der Waals surface area contributed by atoms with E-state index in [0.29, 0.717) is 15.3 Å². The van der Waals surface area contributed by atoms with Gasteiger partial charge in [0.1, 0.15) is 0 Å². The molecule has 0 radical (unpaired) electrons. The SMILES string of the molecule is CN(C)S(=O)(=O)c1ccc2nc(NC(=O)c3ccn(C)n3)sc2c1. The highest BCUT2D eigenvalue weighted by Gasteiger charge is 2.19. The van der Waals surface area contributed by atoms with Crippen molar-refractivity contribution in [2.24, 2.45) is 7.05 Å². The molecule has 8 nitrogen and oxygen atoms in total. The first-order valence-electron chi connectivity index (χ1n) is 6.91. The van der Waals surface area contributed by atoms with Gasteiger partial charge in [0, 0.05) is 27.3 Å². The zero-order chi connectivity index (χ0) is 17.5. The van der Waals surface area contributed by atoms with Crippen LogP contribution in [0.3, 0.4) is 0 Å². The Labute approximate surface area is 142 Å². The van der Waals surface area contributed by atoms with Crippen LogP contribution in [-0.4, -0.2) is 47.5 Å². The first-order chi connectivity index (χ1) is 11.3. The highest BCUT2D eigenvalue weighted by atomic mass is 32.2. The van der Waals surface area contributed by atoms with Crippen molar-refractivity contribution < 1.29 is 13.2 Å². The number of carbonyl (C=O) groups excluding carboxylic acids is 1. The van der Waals surface area contributed by atoms with Gasteiger partial charge < -0.3 is 0 Å². The minimum atomic E-state index is -3.51. The van der Waals surface area contributed by atoms with E-state index in [4.69, 9.17) is 0 Å². The second-order valence-corrected chi connectivity index (χ2v) is 8.45. The molecule has 2 aromatic heterocycles. The third kappa shape index (κ3) is 3.03. The quantitative estimate of drug-likeness (QED) is 0.756. The van der Waals surface area contributed by atoms with Crippen LogP contribution >= 0.6 is 11.3 Å². The highest BCUT2D eigenvalue weighted by molar-refractivity contribution is 7.89. The molecule has 126 valence electrons. The molecule has 1 N–H and O–H groups in total. The molecule has 10 heteroatoms. The maximum Gasteiger partial charge on any atom is 0.277 e. The van der Waals surface area contributed by atoms with Crippen LogP contribution in [0, 0.1) is 0 Å². The maximum absolute atomic E-state index is 12.2. The van der Waals surface area contributed by atoms with E-state index in [9.17, 15) is 13.2 Å². The topological polar surface area (TPSA) is 97.2 Å². The summed E-state index contributed by atoms with van der Waals surface area (Å²) in [4.78, 5) is 16.6. The number of carbonyl (C=O) groups is 1. The number of thiazole rings is 1. The number of amides is 1. The van der Waals surface area contributed by atoms with E-state index in [1.165, 1.54) is 36.2 Å². The molecule has 0 atom stereocenters. The van der Waals surface area contributed by atoms with Crippen molar-refractivity contribution in [2.45, 2.75) is 4.90 Å². The number of hydrogen-bond acceptors (Lipinski definition) is 6. The van der Waals surface area contributed by atoms with Gasteiger partial charge in [0.2, 0.25) is 10.0 Å². The second-order valence-electron chi connectivity index (χ2n) is 5.26. The molecule has 1 amide bonds. The van der Waals surface area contributed by atoms with E-state index in [0.717, 1.165) is 4.31 Å². The number of aryl methyl sites for hydroxylation is 1. The number of hydrogen-bond donors (Lipinski definition) is 1. The second kappa shape index (κ2) is 5.96. The summed E-state index contributed by atoms with van der Waals surface area (Å²) in [5.41, 5.74) is 0.904. The number of nitrogens with zero attached hydrogens (tertiary/aromatic N) is 4. The molecule has 1 aromatic carbocycles. The largest absolute Gasteiger partial charge is 0.296 e. The zero-order valence-electron chi connectivity index (χ0n) is 13.2. The van der Waals surface area contributed by atoms with Crippen molar-refractivity contribution >= 4 is 42.6 Å². The van der Waals surface area contributed by atoms with Gasteiger partial charge in [0.05, 0.1) is 15.1 Å². The number of rotatable bonds is 4. The first kappa shape index (κ1) is 16.6. The normalized spacial score (nSPS) is 12.0. The third-order valence-electron chi connectivity index (χ3n) is 3.31. The fourth-order valence-electron chi connectivity index (χ4n) is 2.03. The maximum atomic E-state index is 12.2. The lowest BCUT2D eigenvalue weighted by Gasteiger charge is -2.10. The average Bonchev–Trinajstić information content (AvgIpc) is 3.11. The summed E-state index contributed by atoms with van der Waals surface area (Å²) in [5.74, 6) is -0.365. The molecule has 0 fully saturated rings. The van der Waals surface area contributed by atoms with E-state index < -0.39 is 10.0 Å². The molecule has 0 saturated carbocycles. The molecule has 24 heavy (non-hydrogen) atoms. The molecular weight excluding hydrogens is 350 g/mol. The highest BCUT2D eigenvalue weighted by Crippen LogP contribution is 2.29. The number of aromatic nitrogens is 3. The smallest absolute Gasteiger partial charge is 0.277 e. The van der Waals surface area contributed by atoms with Gasteiger partial charge in [-0.3, -0.25) is 14.8 Å². The van der Waals surface area contributed by atoms with Gasteiger partial charge in [-0.15, -0.1) is 0 Å². The Morgan fingerprint density at radius 1 is 1.29 bits per heavy atom. The van der Waals surface area contributed by atoms with Crippen LogP contribution in [0.15, 0.2) is 35.4 Å². The minimum Gasteiger partial charge on any atom is -0.296 e. The van der Waals surface area contributed by atoms with Gasteiger partial charge in [-0.05, 0) is 24.3 Å². The lowest BCUT2D eigenvalue weighted by atomic mass is 10.3. The number of benzene rings is 1. The number of nitrogens with one attached hydrogen (secondary N) is 1. The van der Waals surface area contributed by atoms with Crippen LogP contribution in [0.1, 0.15) is 10.5 Å². The number of fused-ring (bicyclic) bond motifs is 1. The van der Waals surface area contributed by atoms with Crippen molar-refractivity contribution in [1.29, 1.82) is 0 Å². The van der Waals surface area contributed by atoms with E-state index in [2.05, 4.69) is 15.4 Å². The fourth-order valence-corrected chi connectivity index (χ4v) is 3.93. The van der Waals surface area contributed by atoms with E-state index in [1.54, 1.807) is 31.4 Å². The third-order valence-corrected chi connectivity index (χ3v) is 6.05. The molecular formula is C14H15N5O3S2. The molecule has 3 rings (SSSR count). The van der Waals surface area contributed by atoms with Crippen molar-refractivity contribution in [3.8, 4) is 0 Å². The monoisotopic (exact) mass is 365 g/mol. The average molecular weight is 365 g/mol. The van der Waals surface area contributed by atoms with Gasteiger partial charge in [0.15, 0.2) is 10.8 Å². The number of sulfonamides is 1. The van der Waals surface area contributed by atoms with Gasteiger partial charge in [-0.25, -0.2) is 17.7 Å². The van der Waals surface area contributed by atoms with Crippen molar-refractivity contribution in [2.75, 3.05) is 19.4 Å². The van der Waals surface area contributed by atoms with Crippen LogP contribution in [0.2, 0.25) is 0 Å². The Morgan fingerprint density at radius 2 is 2.04 bits per heavy atom. The van der Waals surface area contributed by atoms with Crippen LogP contribution in [0.4, 0.5) is 5.13 Å². The van der Waals surface area contributed by atoms with Gasteiger partial charge >= 0.3 is 0 Å². The summed E-state index contributed by atoms with van der Waals surface area (Å²) in [6.45, 7) is 0. The Kier molecular flexibility index (Phi) is 4.11. The lowest BCUT2D eigenvalue weighted by molar-refractivity contribution is 0.102. The molecule has 0 aliphatic carbocycles. The predicted octanol–water partition coefficient (Wildman–Crippen LogP) is 1.53. The summed E-state index contributed by atoms with van der Waals surface area (Å²) in [6, 6.07) is 6.28. The van der Waals surface area contributed by atoms with Crippen LogP contribution < -0.4 is 5.32 Å². The molecule has 3 aromatic rings. The summed E-state index contributed by atoms with van der Waals surface area (Å²) >= 11 is 1.21. The standard InChI is InChI=1S/C14H15N5O3S2/c1-18(2)24(21,22)9-4-5-10-12(8-9)23-14(15-10)16-13(20)11-6-7-19(3)17-11/h4-8H,1-3H3,(H,15,16,20). The van der Waals surface area contributed by atoms with Crippen LogP contribution in [0.5, 0.6) is 0 Å². The summed E-state index contributed by atoms with van der Waals surface area (Å²) in [7, 11) is 1.17. The minimum absolute atomic E-state index is 0.186. The summed E-state index contributed by atoms with van der Waals surface area (Å²) < 4.78 is 27.7. The molecule has 0 saturated heterocycles. The Morgan fingerprint density at radius 3 is 2.67 bits per heavy atom. The fraction of sp³-hybridized carbons (Fsp3) is 0.214. The van der Waals surface area contributed by atoms with E-state index in [-0.39, 0.29) is 16.5 Å². The van der Waals surface area contributed by atoms with Gasteiger partial charge in [-0.2, -0.15) is 5.10 Å². The summed E-state index contributed by atoms with van der Waals surface area (Å²) in [6.07, 6.45) is 1.67. The Balaban J connectivity index is 1.90. The molecule has 0 aliphatic heterocycles. The molecule has 2 heterocycles. The van der Waals surface area contributed by atoms with Crippen molar-refractivity contribution in [3.63, 3.8) is 0 Å². The number of anilines is 1. The lowest BCUT2D eigenvalue weighted by Crippen LogP contribution is -2.22. The molecule has 0 spiro atoms. The van der Waals surface area contributed by atoms with E-state index >= 15 is 0 Å².